The third-order valence-electron chi connectivity index (χ3n) is 6.94. The lowest BCUT2D eigenvalue weighted by Gasteiger charge is -2.40. The van der Waals surface area contributed by atoms with E-state index < -0.39 is 30.7 Å². The summed E-state index contributed by atoms with van der Waals surface area (Å²) in [5.74, 6) is 1.53. The lowest BCUT2D eigenvalue weighted by atomic mass is 9.85. The summed E-state index contributed by atoms with van der Waals surface area (Å²) in [5, 5.41) is 31.4. The monoisotopic (exact) mass is 442 g/mol. The van der Waals surface area contributed by atoms with Crippen molar-refractivity contribution in [3.05, 3.63) is 57.6 Å². The molecule has 3 aliphatic rings. The minimum absolute atomic E-state index is 0.546. The summed E-state index contributed by atoms with van der Waals surface area (Å²) in [6.07, 6.45) is -2.05. The molecule has 32 heavy (non-hydrogen) atoms. The van der Waals surface area contributed by atoms with E-state index in [0.29, 0.717) is 19.6 Å². The van der Waals surface area contributed by atoms with E-state index >= 15 is 0 Å². The number of hydrogen-bond donors (Lipinski definition) is 3. The number of aliphatic hydroxyl groups is 3. The minimum Gasteiger partial charge on any atom is -0.486 e. The topological polar surface area (TPSA) is 97.6 Å². The van der Waals surface area contributed by atoms with Crippen molar-refractivity contribution in [2.24, 2.45) is 0 Å². The average molecular weight is 443 g/mol. The summed E-state index contributed by atoms with van der Waals surface area (Å²) in [7, 11) is 1.42. The van der Waals surface area contributed by atoms with E-state index in [1.54, 1.807) is 0 Å². The zero-order valence-electron chi connectivity index (χ0n) is 18.4. The maximum Gasteiger partial charge on any atom is 0.186 e. The molecule has 5 atom stereocenters. The molecule has 0 saturated carbocycles. The lowest BCUT2D eigenvalue weighted by molar-refractivity contribution is -0.292. The fraction of sp³-hybridized carbons (Fsp3) is 0.520. The van der Waals surface area contributed by atoms with Gasteiger partial charge in [0.25, 0.3) is 0 Å². The highest BCUT2D eigenvalue weighted by Gasteiger charge is 2.45. The summed E-state index contributed by atoms with van der Waals surface area (Å²) in [4.78, 5) is 0. The van der Waals surface area contributed by atoms with Gasteiger partial charge in [0.1, 0.15) is 37.6 Å². The van der Waals surface area contributed by atoms with Gasteiger partial charge in [-0.05, 0) is 78.1 Å². The van der Waals surface area contributed by atoms with Gasteiger partial charge in [-0.3, -0.25) is 0 Å². The lowest BCUT2D eigenvalue weighted by Crippen LogP contribution is -2.54. The predicted octanol–water partition coefficient (Wildman–Crippen LogP) is 1.97. The van der Waals surface area contributed by atoms with E-state index in [9.17, 15) is 15.3 Å². The summed E-state index contributed by atoms with van der Waals surface area (Å²) in [5.41, 5.74) is 6.84. The molecule has 1 fully saturated rings. The number of aliphatic hydroxyl groups excluding tert-OH is 3. The second-order valence-electron chi connectivity index (χ2n) is 8.85. The molecule has 172 valence electrons. The van der Waals surface area contributed by atoms with Crippen LogP contribution in [0.25, 0.3) is 0 Å². The van der Waals surface area contributed by atoms with Crippen molar-refractivity contribution in [2.45, 2.75) is 63.3 Å². The second-order valence-corrected chi connectivity index (χ2v) is 8.85. The van der Waals surface area contributed by atoms with Crippen molar-refractivity contribution >= 4 is 0 Å². The van der Waals surface area contributed by atoms with Crippen LogP contribution in [0.4, 0.5) is 0 Å². The van der Waals surface area contributed by atoms with Gasteiger partial charge < -0.3 is 34.3 Å². The van der Waals surface area contributed by atoms with Gasteiger partial charge in [-0.15, -0.1) is 0 Å². The number of fused-ring (bicyclic) bond motifs is 2. The molecule has 2 aromatic rings. The quantitative estimate of drug-likeness (QED) is 0.666. The average Bonchev–Trinajstić information content (AvgIpc) is 3.30. The van der Waals surface area contributed by atoms with E-state index in [-0.39, 0.29) is 0 Å². The molecule has 7 heteroatoms. The van der Waals surface area contributed by atoms with Crippen LogP contribution < -0.4 is 9.47 Å². The molecule has 2 aliphatic heterocycles. The minimum atomic E-state index is -1.35. The number of rotatable bonds is 4. The molecule has 1 aliphatic carbocycles. The van der Waals surface area contributed by atoms with Crippen LogP contribution in [0, 0.1) is 6.92 Å². The number of ether oxygens (including phenoxy) is 4. The molecule has 2 aromatic carbocycles. The molecule has 0 unspecified atom stereocenters. The second kappa shape index (κ2) is 8.65. The maximum absolute atomic E-state index is 10.8. The van der Waals surface area contributed by atoms with Crippen LogP contribution in [-0.4, -0.2) is 60.2 Å². The first-order valence-electron chi connectivity index (χ1n) is 11.2. The van der Waals surface area contributed by atoms with Crippen LogP contribution in [0.15, 0.2) is 24.3 Å². The van der Waals surface area contributed by atoms with Crippen molar-refractivity contribution in [1.29, 1.82) is 0 Å². The molecule has 0 amide bonds. The normalized spacial score (nSPS) is 29.1. The van der Waals surface area contributed by atoms with E-state index in [1.807, 2.05) is 18.2 Å². The van der Waals surface area contributed by atoms with Crippen molar-refractivity contribution in [2.75, 3.05) is 20.3 Å². The van der Waals surface area contributed by atoms with Gasteiger partial charge in [0, 0.05) is 7.11 Å². The van der Waals surface area contributed by atoms with Crippen LogP contribution in [0.3, 0.4) is 0 Å². The van der Waals surface area contributed by atoms with Gasteiger partial charge in [-0.25, -0.2) is 0 Å². The highest BCUT2D eigenvalue weighted by Crippen LogP contribution is 2.41. The SMILES string of the molecule is CO[C@H]1O[C@@H](c2cc(Cc3ccc4c(c3)OCCO4)c(C)c3c2CCC3)[C@H](O)[C@@H](O)[C@@H]1O. The molecule has 3 N–H and O–H groups in total. The first kappa shape index (κ1) is 21.7. The van der Waals surface area contributed by atoms with Gasteiger partial charge in [0.2, 0.25) is 0 Å². The van der Waals surface area contributed by atoms with Crippen LogP contribution in [0.5, 0.6) is 11.5 Å². The Balaban J connectivity index is 1.52. The van der Waals surface area contributed by atoms with Crippen LogP contribution >= 0.6 is 0 Å². The Hall–Kier alpha value is -2.16. The van der Waals surface area contributed by atoms with E-state index in [1.165, 1.54) is 23.8 Å². The Morgan fingerprint density at radius 2 is 1.69 bits per heavy atom. The molecule has 7 nitrogen and oxygen atoms in total. The van der Waals surface area contributed by atoms with Crippen molar-refractivity contribution < 1.29 is 34.3 Å². The molecule has 0 aromatic heterocycles. The summed E-state index contributed by atoms with van der Waals surface area (Å²) in [6, 6.07) is 8.10. The largest absolute Gasteiger partial charge is 0.486 e. The molecule has 0 bridgehead atoms. The van der Waals surface area contributed by atoms with Gasteiger partial charge in [0.15, 0.2) is 17.8 Å². The van der Waals surface area contributed by atoms with Gasteiger partial charge in [0.05, 0.1) is 0 Å². The smallest absolute Gasteiger partial charge is 0.186 e. The highest BCUT2D eigenvalue weighted by atomic mass is 16.7. The summed E-state index contributed by atoms with van der Waals surface area (Å²) < 4.78 is 22.5. The number of benzene rings is 2. The Bertz CT molecular complexity index is 1000. The van der Waals surface area contributed by atoms with Crippen LogP contribution in [0.1, 0.15) is 45.9 Å². The Morgan fingerprint density at radius 3 is 2.47 bits per heavy atom. The third kappa shape index (κ3) is 3.68. The third-order valence-corrected chi connectivity index (χ3v) is 6.94. The molecular weight excluding hydrogens is 412 g/mol. The highest BCUT2D eigenvalue weighted by molar-refractivity contribution is 5.52. The molecular formula is C25H30O7. The van der Waals surface area contributed by atoms with E-state index in [4.69, 9.17) is 18.9 Å². The summed E-state index contributed by atoms with van der Waals surface area (Å²) >= 11 is 0. The van der Waals surface area contributed by atoms with E-state index in [2.05, 4.69) is 13.0 Å². The maximum atomic E-state index is 10.8. The molecule has 0 radical (unpaired) electrons. The van der Waals surface area contributed by atoms with Crippen LogP contribution in [0.2, 0.25) is 0 Å². The standard InChI is InChI=1S/C25H30O7/c1-13-15(10-14-6-7-19-20(11-14)31-9-8-30-19)12-18(17-5-3-4-16(13)17)24-22(27)21(26)23(28)25(29-2)32-24/h6-7,11-12,21-28H,3-5,8-10H2,1-2H3/t21-,22-,23+,24+,25+/m1/s1. The van der Waals surface area contributed by atoms with Gasteiger partial charge >= 0.3 is 0 Å². The molecule has 2 heterocycles. The number of methoxy groups -OCH3 is 1. The Labute approximate surface area is 187 Å². The molecule has 0 spiro atoms. The zero-order chi connectivity index (χ0) is 22.4. The Kier molecular flexibility index (Phi) is 5.86. The Morgan fingerprint density at radius 1 is 0.938 bits per heavy atom. The molecule has 1 saturated heterocycles. The van der Waals surface area contributed by atoms with Crippen LogP contribution in [-0.2, 0) is 28.7 Å². The zero-order valence-corrected chi connectivity index (χ0v) is 18.4. The first-order valence-corrected chi connectivity index (χ1v) is 11.2. The van der Waals surface area contributed by atoms with Crippen molar-refractivity contribution in [3.8, 4) is 11.5 Å². The fourth-order valence-electron chi connectivity index (χ4n) is 5.21. The van der Waals surface area contributed by atoms with Crippen molar-refractivity contribution in [3.63, 3.8) is 0 Å². The predicted molar refractivity (Wildman–Crippen MR) is 116 cm³/mol. The van der Waals surface area contributed by atoms with E-state index in [0.717, 1.165) is 47.5 Å². The number of hydrogen-bond acceptors (Lipinski definition) is 7. The summed E-state index contributed by atoms with van der Waals surface area (Å²) in [6.45, 7) is 3.26. The van der Waals surface area contributed by atoms with Gasteiger partial charge in [-0.2, -0.15) is 0 Å². The fourth-order valence-corrected chi connectivity index (χ4v) is 5.21. The molecule has 5 rings (SSSR count). The first-order chi connectivity index (χ1) is 15.5. The van der Waals surface area contributed by atoms with Crippen molar-refractivity contribution in [1.82, 2.24) is 0 Å². The van der Waals surface area contributed by atoms with Gasteiger partial charge in [-0.1, -0.05) is 12.1 Å².